The Morgan fingerprint density at radius 1 is 1.54 bits per heavy atom. The highest BCUT2D eigenvalue weighted by atomic mass is 16.1. The van der Waals surface area contributed by atoms with Crippen LogP contribution in [0.2, 0.25) is 0 Å². The molecule has 0 aromatic heterocycles. The highest BCUT2D eigenvalue weighted by Gasteiger charge is 2.20. The molecule has 13 heavy (non-hydrogen) atoms. The second-order valence-electron chi connectivity index (χ2n) is 3.44. The lowest BCUT2D eigenvalue weighted by Crippen LogP contribution is -2.38. The summed E-state index contributed by atoms with van der Waals surface area (Å²) in [5, 5.41) is 5.82. The van der Waals surface area contributed by atoms with Gasteiger partial charge in [-0.2, -0.15) is 0 Å². The van der Waals surface area contributed by atoms with Crippen LogP contribution in [-0.4, -0.2) is 26.0 Å². The van der Waals surface area contributed by atoms with Crippen LogP contribution < -0.4 is 10.6 Å². The molecule has 0 rings (SSSR count). The van der Waals surface area contributed by atoms with Crippen LogP contribution in [0.3, 0.4) is 0 Å². The Morgan fingerprint density at radius 2 is 2.15 bits per heavy atom. The van der Waals surface area contributed by atoms with Crippen molar-refractivity contribution in [2.24, 2.45) is 11.8 Å². The third-order valence-electron chi connectivity index (χ3n) is 1.99. The van der Waals surface area contributed by atoms with Crippen molar-refractivity contribution in [1.29, 1.82) is 0 Å². The molecule has 76 valence electrons. The van der Waals surface area contributed by atoms with Gasteiger partial charge in [-0.25, -0.2) is 0 Å². The van der Waals surface area contributed by atoms with E-state index in [9.17, 15) is 4.79 Å². The van der Waals surface area contributed by atoms with Gasteiger partial charge in [0.05, 0.1) is 5.92 Å². The van der Waals surface area contributed by atoms with Gasteiger partial charge in [-0.15, -0.1) is 6.58 Å². The number of amides is 1. The average molecular weight is 184 g/mol. The molecular formula is C10H20N2O. The van der Waals surface area contributed by atoms with Gasteiger partial charge in [-0.3, -0.25) is 4.79 Å². The monoisotopic (exact) mass is 184 g/mol. The molecule has 1 amide bonds. The second kappa shape index (κ2) is 6.66. The van der Waals surface area contributed by atoms with Crippen molar-refractivity contribution in [1.82, 2.24) is 10.6 Å². The molecule has 3 nitrogen and oxygen atoms in total. The van der Waals surface area contributed by atoms with Crippen LogP contribution in [0, 0.1) is 11.8 Å². The maximum Gasteiger partial charge on any atom is 0.224 e. The molecular weight excluding hydrogens is 164 g/mol. The molecule has 0 aliphatic heterocycles. The fourth-order valence-corrected chi connectivity index (χ4v) is 1.15. The first-order valence-corrected chi connectivity index (χ1v) is 4.66. The minimum Gasteiger partial charge on any atom is -0.352 e. The fourth-order valence-electron chi connectivity index (χ4n) is 1.15. The summed E-state index contributed by atoms with van der Waals surface area (Å²) in [6, 6.07) is 0. The van der Waals surface area contributed by atoms with Crippen LogP contribution in [0.25, 0.3) is 0 Å². The second-order valence-corrected chi connectivity index (χ2v) is 3.44. The Labute approximate surface area is 80.6 Å². The lowest BCUT2D eigenvalue weighted by atomic mass is 9.95. The molecule has 0 bridgehead atoms. The first kappa shape index (κ1) is 12.2. The SMILES string of the molecule is C=CCNC(=O)C(CNC)C(C)C. The minimum atomic E-state index is 0.0462. The zero-order valence-corrected chi connectivity index (χ0v) is 8.76. The summed E-state index contributed by atoms with van der Waals surface area (Å²) in [6.45, 7) is 8.92. The fraction of sp³-hybridized carbons (Fsp3) is 0.700. The van der Waals surface area contributed by atoms with Crippen molar-refractivity contribution in [2.75, 3.05) is 20.1 Å². The van der Waals surface area contributed by atoms with E-state index in [1.165, 1.54) is 0 Å². The van der Waals surface area contributed by atoms with E-state index in [0.29, 0.717) is 12.5 Å². The van der Waals surface area contributed by atoms with E-state index < -0.39 is 0 Å². The van der Waals surface area contributed by atoms with Crippen molar-refractivity contribution in [3.05, 3.63) is 12.7 Å². The van der Waals surface area contributed by atoms with Gasteiger partial charge in [0.15, 0.2) is 0 Å². The zero-order valence-electron chi connectivity index (χ0n) is 8.76. The molecule has 0 aliphatic rings. The molecule has 0 heterocycles. The summed E-state index contributed by atoms with van der Waals surface area (Å²) >= 11 is 0. The van der Waals surface area contributed by atoms with E-state index in [-0.39, 0.29) is 11.8 Å². The molecule has 3 heteroatoms. The Kier molecular flexibility index (Phi) is 6.24. The van der Waals surface area contributed by atoms with Crippen molar-refractivity contribution < 1.29 is 4.79 Å². The van der Waals surface area contributed by atoms with E-state index in [4.69, 9.17) is 0 Å². The summed E-state index contributed by atoms with van der Waals surface area (Å²) < 4.78 is 0. The summed E-state index contributed by atoms with van der Waals surface area (Å²) in [6.07, 6.45) is 1.69. The lowest BCUT2D eigenvalue weighted by molar-refractivity contribution is -0.125. The van der Waals surface area contributed by atoms with Crippen LogP contribution in [0.4, 0.5) is 0 Å². The summed E-state index contributed by atoms with van der Waals surface area (Å²) in [4.78, 5) is 11.5. The molecule has 1 atom stereocenters. The molecule has 0 fully saturated rings. The summed E-state index contributed by atoms with van der Waals surface area (Å²) in [5.74, 6) is 0.506. The van der Waals surface area contributed by atoms with Crippen molar-refractivity contribution in [3.8, 4) is 0 Å². The van der Waals surface area contributed by atoms with Gasteiger partial charge >= 0.3 is 0 Å². The van der Waals surface area contributed by atoms with Crippen LogP contribution in [0.1, 0.15) is 13.8 Å². The third-order valence-corrected chi connectivity index (χ3v) is 1.99. The normalized spacial score (nSPS) is 12.6. The van der Waals surface area contributed by atoms with Crippen LogP contribution in [-0.2, 0) is 4.79 Å². The number of carbonyl (C=O) groups is 1. The minimum absolute atomic E-state index is 0.0462. The van der Waals surface area contributed by atoms with Gasteiger partial charge in [-0.1, -0.05) is 19.9 Å². The van der Waals surface area contributed by atoms with Crippen LogP contribution in [0.5, 0.6) is 0 Å². The van der Waals surface area contributed by atoms with Crippen LogP contribution in [0.15, 0.2) is 12.7 Å². The van der Waals surface area contributed by atoms with Gasteiger partial charge < -0.3 is 10.6 Å². The van der Waals surface area contributed by atoms with Gasteiger partial charge in [-0.05, 0) is 13.0 Å². The number of hydrogen-bond donors (Lipinski definition) is 2. The standard InChI is InChI=1S/C10H20N2O/c1-5-6-12-10(13)9(7-11-4)8(2)3/h5,8-9,11H,1,6-7H2,2-4H3,(H,12,13). The van der Waals surface area contributed by atoms with Crippen molar-refractivity contribution >= 4 is 5.91 Å². The van der Waals surface area contributed by atoms with Gasteiger partial charge in [0.2, 0.25) is 5.91 Å². The Morgan fingerprint density at radius 3 is 2.54 bits per heavy atom. The van der Waals surface area contributed by atoms with Crippen molar-refractivity contribution in [3.63, 3.8) is 0 Å². The molecule has 0 aromatic rings. The smallest absolute Gasteiger partial charge is 0.224 e. The molecule has 0 aromatic carbocycles. The molecule has 0 spiro atoms. The van der Waals surface area contributed by atoms with Crippen LogP contribution >= 0.6 is 0 Å². The summed E-state index contributed by atoms with van der Waals surface area (Å²) in [7, 11) is 1.86. The van der Waals surface area contributed by atoms with E-state index in [1.807, 2.05) is 7.05 Å². The Hall–Kier alpha value is -0.830. The topological polar surface area (TPSA) is 41.1 Å². The first-order chi connectivity index (χ1) is 6.13. The number of rotatable bonds is 6. The predicted octanol–water partition coefficient (Wildman–Crippen LogP) is 0.780. The highest BCUT2D eigenvalue weighted by Crippen LogP contribution is 2.09. The predicted molar refractivity (Wildman–Crippen MR) is 55.5 cm³/mol. The quantitative estimate of drug-likeness (QED) is 0.599. The van der Waals surface area contributed by atoms with Gasteiger partial charge in [0.25, 0.3) is 0 Å². The lowest BCUT2D eigenvalue weighted by Gasteiger charge is -2.19. The number of carbonyl (C=O) groups excluding carboxylic acids is 1. The number of nitrogens with one attached hydrogen (secondary N) is 2. The van der Waals surface area contributed by atoms with Crippen molar-refractivity contribution in [2.45, 2.75) is 13.8 Å². The summed E-state index contributed by atoms with van der Waals surface area (Å²) in [5.41, 5.74) is 0. The Bertz CT molecular complexity index is 166. The third kappa shape index (κ3) is 4.68. The molecule has 0 aliphatic carbocycles. The van der Waals surface area contributed by atoms with Gasteiger partial charge in [0, 0.05) is 13.1 Å². The maximum atomic E-state index is 11.5. The zero-order chi connectivity index (χ0) is 10.3. The average Bonchev–Trinajstić information content (AvgIpc) is 2.09. The van der Waals surface area contributed by atoms with E-state index in [2.05, 4.69) is 31.1 Å². The van der Waals surface area contributed by atoms with Gasteiger partial charge in [0.1, 0.15) is 0 Å². The molecule has 0 saturated heterocycles. The number of hydrogen-bond acceptors (Lipinski definition) is 2. The maximum absolute atomic E-state index is 11.5. The Balaban J connectivity index is 4.03. The van der Waals surface area contributed by atoms with E-state index in [1.54, 1.807) is 6.08 Å². The van der Waals surface area contributed by atoms with E-state index in [0.717, 1.165) is 6.54 Å². The highest BCUT2D eigenvalue weighted by molar-refractivity contribution is 5.79. The largest absolute Gasteiger partial charge is 0.352 e. The molecule has 0 saturated carbocycles. The molecule has 1 unspecified atom stereocenters. The first-order valence-electron chi connectivity index (χ1n) is 4.66. The van der Waals surface area contributed by atoms with E-state index >= 15 is 0 Å². The molecule has 2 N–H and O–H groups in total. The molecule has 0 radical (unpaired) electrons.